The number of hydrazine groups is 1. The summed E-state index contributed by atoms with van der Waals surface area (Å²) in [6, 6.07) is 0. The number of nitriles is 1. The zero-order valence-electron chi connectivity index (χ0n) is 3.10. The van der Waals surface area contributed by atoms with Crippen LogP contribution in [0.5, 0.6) is 0 Å². The molecule has 0 fully saturated rings. The first-order chi connectivity index (χ1) is 2.91. The van der Waals surface area contributed by atoms with Crippen LogP contribution in [0.2, 0.25) is 0 Å². The van der Waals surface area contributed by atoms with Crippen molar-refractivity contribution in [1.82, 2.24) is 10.9 Å². The van der Waals surface area contributed by atoms with Crippen LogP contribution in [0.4, 0.5) is 0 Å². The number of aliphatic hydroxyl groups is 1. The molecule has 0 aliphatic heterocycles. The molecule has 4 heteroatoms. The summed E-state index contributed by atoms with van der Waals surface area (Å²) < 4.78 is 0. The van der Waals surface area contributed by atoms with E-state index in [1.807, 2.05) is 5.43 Å². The highest BCUT2D eigenvalue weighted by Gasteiger charge is 1.65. The molecule has 4 nitrogen and oxygen atoms in total. The molecular formula is C2H5N3O. The molecule has 0 amide bonds. The fraction of sp³-hybridized carbons (Fsp3) is 0.500. The van der Waals surface area contributed by atoms with E-state index < -0.39 is 0 Å². The van der Waals surface area contributed by atoms with Gasteiger partial charge < -0.3 is 5.11 Å². The van der Waals surface area contributed by atoms with E-state index in [0.29, 0.717) is 0 Å². The van der Waals surface area contributed by atoms with Gasteiger partial charge >= 0.3 is 0 Å². The SMILES string of the molecule is N#CNNCO. The molecular weight excluding hydrogens is 82.0 g/mol. The number of aliphatic hydroxyl groups excluding tert-OH is 1. The van der Waals surface area contributed by atoms with Gasteiger partial charge in [0.25, 0.3) is 0 Å². The maximum Gasteiger partial charge on any atom is 0.192 e. The van der Waals surface area contributed by atoms with Crippen molar-refractivity contribution in [2.45, 2.75) is 0 Å². The van der Waals surface area contributed by atoms with E-state index in [-0.39, 0.29) is 6.73 Å². The van der Waals surface area contributed by atoms with Gasteiger partial charge in [0.2, 0.25) is 0 Å². The van der Waals surface area contributed by atoms with Crippen LogP contribution < -0.4 is 10.9 Å². The Kier molecular flexibility index (Phi) is 3.66. The molecule has 0 aromatic carbocycles. The van der Waals surface area contributed by atoms with Crippen molar-refractivity contribution in [3.8, 4) is 6.19 Å². The largest absolute Gasteiger partial charge is 0.380 e. The minimum Gasteiger partial charge on any atom is -0.380 e. The van der Waals surface area contributed by atoms with E-state index in [1.165, 1.54) is 0 Å². The molecule has 3 N–H and O–H groups in total. The maximum absolute atomic E-state index is 7.87. The highest BCUT2D eigenvalue weighted by molar-refractivity contribution is 4.56. The molecule has 0 unspecified atom stereocenters. The van der Waals surface area contributed by atoms with Crippen LogP contribution in [0.25, 0.3) is 0 Å². The number of nitrogens with zero attached hydrogens (tertiary/aromatic N) is 1. The Bertz CT molecular complexity index is 56.3. The van der Waals surface area contributed by atoms with E-state index in [0.717, 1.165) is 0 Å². The molecule has 0 spiro atoms. The van der Waals surface area contributed by atoms with E-state index in [1.54, 1.807) is 6.19 Å². The number of rotatable bonds is 2. The number of hydrogen-bond acceptors (Lipinski definition) is 4. The molecule has 0 saturated heterocycles. The second-order valence-corrected chi connectivity index (χ2v) is 0.572. The van der Waals surface area contributed by atoms with E-state index in [4.69, 9.17) is 10.4 Å². The fourth-order valence-corrected chi connectivity index (χ4v) is 0.0791. The minimum absolute atomic E-state index is 0.229. The van der Waals surface area contributed by atoms with Gasteiger partial charge in [-0.1, -0.05) is 0 Å². The Hall–Kier alpha value is -0.790. The normalized spacial score (nSPS) is 6.67. The Labute approximate surface area is 35.4 Å². The van der Waals surface area contributed by atoms with E-state index in [9.17, 15) is 0 Å². The highest BCUT2D eigenvalue weighted by Crippen LogP contribution is 1.32. The zero-order valence-corrected chi connectivity index (χ0v) is 3.10. The average Bonchev–Trinajstić information content (AvgIpc) is 1.61. The summed E-state index contributed by atoms with van der Waals surface area (Å²) in [5.74, 6) is 0. The Morgan fingerprint density at radius 3 is 2.67 bits per heavy atom. The van der Waals surface area contributed by atoms with Crippen LogP contribution in [0.3, 0.4) is 0 Å². The van der Waals surface area contributed by atoms with Gasteiger partial charge in [0.05, 0.1) is 0 Å². The van der Waals surface area contributed by atoms with E-state index in [2.05, 4.69) is 5.43 Å². The smallest absolute Gasteiger partial charge is 0.192 e. The van der Waals surface area contributed by atoms with Gasteiger partial charge in [-0.05, 0) is 0 Å². The van der Waals surface area contributed by atoms with Crippen molar-refractivity contribution >= 4 is 0 Å². The summed E-state index contributed by atoms with van der Waals surface area (Å²) in [6.45, 7) is -0.229. The summed E-state index contributed by atoms with van der Waals surface area (Å²) in [5.41, 5.74) is 4.15. The summed E-state index contributed by atoms with van der Waals surface area (Å²) in [6.07, 6.45) is 1.55. The lowest BCUT2D eigenvalue weighted by Gasteiger charge is -1.88. The van der Waals surface area contributed by atoms with Crippen LogP contribution in [-0.4, -0.2) is 11.8 Å². The summed E-state index contributed by atoms with van der Waals surface area (Å²) in [4.78, 5) is 0. The van der Waals surface area contributed by atoms with Crippen LogP contribution in [0, 0.1) is 11.5 Å². The van der Waals surface area contributed by atoms with Gasteiger partial charge in [-0.25, -0.2) is 5.43 Å². The molecule has 0 aromatic heterocycles. The predicted octanol–water partition coefficient (Wildman–Crippen LogP) is -1.49. The van der Waals surface area contributed by atoms with Gasteiger partial charge in [-0.3, -0.25) is 5.43 Å². The van der Waals surface area contributed by atoms with Crippen LogP contribution in [0.1, 0.15) is 0 Å². The first kappa shape index (κ1) is 5.21. The van der Waals surface area contributed by atoms with Gasteiger partial charge in [-0.2, -0.15) is 5.26 Å². The fourth-order valence-electron chi connectivity index (χ4n) is 0.0791. The van der Waals surface area contributed by atoms with Crippen molar-refractivity contribution in [1.29, 1.82) is 5.26 Å². The lowest BCUT2D eigenvalue weighted by Crippen LogP contribution is -2.27. The number of hydrogen-bond donors (Lipinski definition) is 3. The average molecular weight is 87.1 g/mol. The van der Waals surface area contributed by atoms with Crippen molar-refractivity contribution in [2.24, 2.45) is 0 Å². The van der Waals surface area contributed by atoms with Crippen LogP contribution in [0.15, 0.2) is 0 Å². The van der Waals surface area contributed by atoms with Crippen molar-refractivity contribution < 1.29 is 5.11 Å². The monoisotopic (exact) mass is 87.0 g/mol. The van der Waals surface area contributed by atoms with Gasteiger partial charge in [0.15, 0.2) is 6.19 Å². The second kappa shape index (κ2) is 4.21. The zero-order chi connectivity index (χ0) is 4.83. The summed E-state index contributed by atoms with van der Waals surface area (Å²) in [5, 5.41) is 15.5. The standard InChI is InChI=1S/C2H5N3O/c3-1-4-5-2-6/h4-6H,2H2. The summed E-state index contributed by atoms with van der Waals surface area (Å²) in [7, 11) is 0. The quantitative estimate of drug-likeness (QED) is 0.126. The maximum atomic E-state index is 7.87. The molecule has 0 aliphatic rings. The third kappa shape index (κ3) is 3.21. The molecule has 0 aromatic rings. The topological polar surface area (TPSA) is 68.1 Å². The van der Waals surface area contributed by atoms with Crippen molar-refractivity contribution in [2.75, 3.05) is 6.73 Å². The van der Waals surface area contributed by atoms with Crippen molar-refractivity contribution in [3.05, 3.63) is 0 Å². The molecule has 0 heterocycles. The molecule has 6 heavy (non-hydrogen) atoms. The van der Waals surface area contributed by atoms with Gasteiger partial charge in [0.1, 0.15) is 6.73 Å². The lowest BCUT2D eigenvalue weighted by atomic mass is 11.3. The Balaban J connectivity index is 2.54. The van der Waals surface area contributed by atoms with Gasteiger partial charge in [0, 0.05) is 0 Å². The third-order valence-corrected chi connectivity index (χ3v) is 0.223. The third-order valence-electron chi connectivity index (χ3n) is 0.223. The lowest BCUT2D eigenvalue weighted by molar-refractivity contribution is 0.250. The van der Waals surface area contributed by atoms with Crippen LogP contribution >= 0.6 is 0 Å². The second-order valence-electron chi connectivity index (χ2n) is 0.572. The Morgan fingerprint density at radius 1 is 1.83 bits per heavy atom. The molecule has 0 bridgehead atoms. The summed E-state index contributed by atoms with van der Waals surface area (Å²) >= 11 is 0. The predicted molar refractivity (Wildman–Crippen MR) is 19.0 cm³/mol. The molecule has 0 aliphatic carbocycles. The van der Waals surface area contributed by atoms with E-state index >= 15 is 0 Å². The number of nitrogens with one attached hydrogen (secondary N) is 2. The Morgan fingerprint density at radius 2 is 2.50 bits per heavy atom. The molecule has 0 atom stereocenters. The molecule has 0 rings (SSSR count). The first-order valence-electron chi connectivity index (χ1n) is 1.39. The molecule has 34 valence electrons. The highest BCUT2D eigenvalue weighted by atomic mass is 16.3. The van der Waals surface area contributed by atoms with Gasteiger partial charge in [-0.15, -0.1) is 0 Å². The van der Waals surface area contributed by atoms with Crippen LogP contribution in [-0.2, 0) is 0 Å². The minimum atomic E-state index is -0.229. The molecule has 0 saturated carbocycles. The molecule has 0 radical (unpaired) electrons. The van der Waals surface area contributed by atoms with Crippen molar-refractivity contribution in [3.63, 3.8) is 0 Å². The first-order valence-corrected chi connectivity index (χ1v) is 1.39.